The lowest BCUT2D eigenvalue weighted by Crippen LogP contribution is -2.52. The molecule has 8 nitrogen and oxygen atoms in total. The van der Waals surface area contributed by atoms with Crippen molar-refractivity contribution in [2.45, 2.75) is 13.5 Å². The van der Waals surface area contributed by atoms with E-state index < -0.39 is 23.5 Å². The average molecular weight is 465 g/mol. The van der Waals surface area contributed by atoms with Crippen molar-refractivity contribution in [3.63, 3.8) is 0 Å². The topological polar surface area (TPSA) is 88.9 Å². The molecule has 0 atom stereocenters. The lowest BCUT2D eigenvalue weighted by molar-refractivity contribution is -0.143. The third kappa shape index (κ3) is 4.54. The van der Waals surface area contributed by atoms with Crippen molar-refractivity contribution in [2.75, 3.05) is 32.8 Å². The van der Waals surface area contributed by atoms with Gasteiger partial charge in [-0.3, -0.25) is 19.2 Å². The Kier molecular flexibility index (Phi) is 6.72. The molecule has 0 radical (unpaired) electrons. The Morgan fingerprint density at radius 1 is 0.912 bits per heavy atom. The number of Topliss-reactive ketones (excluding diaryl/α,β-unsaturated/α-hetero) is 1. The van der Waals surface area contributed by atoms with E-state index in [0.717, 1.165) is 0 Å². The number of halogens is 1. The van der Waals surface area contributed by atoms with Gasteiger partial charge in [-0.1, -0.05) is 24.3 Å². The molecule has 2 amide bonds. The summed E-state index contributed by atoms with van der Waals surface area (Å²) in [5.41, 5.74) is 0.774. The molecule has 0 unspecified atom stereocenters. The highest BCUT2D eigenvalue weighted by atomic mass is 19.1. The van der Waals surface area contributed by atoms with Crippen molar-refractivity contribution in [1.29, 1.82) is 0 Å². The summed E-state index contributed by atoms with van der Waals surface area (Å²) in [5.74, 6) is -2.96. The number of ketones is 1. The minimum absolute atomic E-state index is 0.0111. The molecular formula is C25H24FN3O5. The van der Waals surface area contributed by atoms with Gasteiger partial charge in [0.05, 0.1) is 17.7 Å². The molecule has 0 bridgehead atoms. The highest BCUT2D eigenvalue weighted by Gasteiger charge is 2.31. The molecule has 1 aliphatic heterocycles. The van der Waals surface area contributed by atoms with Crippen LogP contribution in [0.2, 0.25) is 0 Å². The fourth-order valence-corrected chi connectivity index (χ4v) is 4.09. The van der Waals surface area contributed by atoms with Gasteiger partial charge in [-0.2, -0.15) is 0 Å². The number of piperazine rings is 1. The van der Waals surface area contributed by atoms with E-state index in [-0.39, 0.29) is 56.2 Å². The molecule has 1 aliphatic rings. The van der Waals surface area contributed by atoms with Crippen molar-refractivity contribution < 1.29 is 28.3 Å². The zero-order valence-corrected chi connectivity index (χ0v) is 18.7. The van der Waals surface area contributed by atoms with Crippen molar-refractivity contribution in [3.05, 3.63) is 71.7 Å². The summed E-state index contributed by atoms with van der Waals surface area (Å²) >= 11 is 0. The van der Waals surface area contributed by atoms with Crippen LogP contribution in [0.1, 0.15) is 27.6 Å². The zero-order valence-electron chi connectivity index (χ0n) is 18.7. The number of nitrogens with zero attached hydrogens (tertiary/aromatic N) is 3. The van der Waals surface area contributed by atoms with Crippen LogP contribution in [0.3, 0.4) is 0 Å². The van der Waals surface area contributed by atoms with Gasteiger partial charge in [0, 0.05) is 43.3 Å². The summed E-state index contributed by atoms with van der Waals surface area (Å²) in [6.07, 6.45) is 1.32. The molecule has 4 rings (SSSR count). The SMILES string of the molecule is CCOC(=O)Cn1cc(C(=O)C(=O)N2CCN(C(=O)c3ccccc3)CC2)c2c(F)cccc21. The number of aromatic nitrogens is 1. The molecule has 34 heavy (non-hydrogen) atoms. The Hall–Kier alpha value is -4.01. The van der Waals surface area contributed by atoms with Crippen molar-refractivity contribution >= 4 is 34.5 Å². The maximum atomic E-state index is 14.7. The van der Waals surface area contributed by atoms with E-state index >= 15 is 0 Å². The first-order valence-corrected chi connectivity index (χ1v) is 11.0. The van der Waals surface area contributed by atoms with Crippen LogP contribution in [-0.2, 0) is 20.9 Å². The maximum absolute atomic E-state index is 14.7. The number of ether oxygens (including phenoxy) is 1. The minimum Gasteiger partial charge on any atom is -0.465 e. The molecule has 1 saturated heterocycles. The van der Waals surface area contributed by atoms with E-state index in [2.05, 4.69) is 0 Å². The molecular weight excluding hydrogens is 441 g/mol. The molecule has 2 aromatic carbocycles. The van der Waals surface area contributed by atoms with Gasteiger partial charge >= 0.3 is 5.97 Å². The van der Waals surface area contributed by atoms with Gasteiger partial charge in [-0.05, 0) is 31.2 Å². The first kappa shape index (κ1) is 23.2. The number of esters is 1. The van der Waals surface area contributed by atoms with Crippen LogP contribution in [0.15, 0.2) is 54.7 Å². The number of carbonyl (C=O) groups is 4. The quantitative estimate of drug-likeness (QED) is 0.317. The summed E-state index contributed by atoms with van der Waals surface area (Å²) in [6.45, 7) is 2.59. The van der Waals surface area contributed by atoms with Crippen LogP contribution < -0.4 is 0 Å². The Morgan fingerprint density at radius 2 is 1.59 bits per heavy atom. The highest BCUT2D eigenvalue weighted by molar-refractivity contribution is 6.45. The number of fused-ring (bicyclic) bond motifs is 1. The van der Waals surface area contributed by atoms with Gasteiger partial charge in [-0.15, -0.1) is 0 Å². The fraction of sp³-hybridized carbons (Fsp3) is 0.280. The zero-order chi connectivity index (χ0) is 24.2. The number of hydrogen-bond acceptors (Lipinski definition) is 5. The van der Waals surface area contributed by atoms with Crippen LogP contribution in [0.25, 0.3) is 10.9 Å². The first-order chi connectivity index (χ1) is 16.4. The van der Waals surface area contributed by atoms with E-state index in [0.29, 0.717) is 11.1 Å². The number of hydrogen-bond donors (Lipinski definition) is 0. The van der Waals surface area contributed by atoms with Gasteiger partial charge in [0.25, 0.3) is 17.6 Å². The Bertz CT molecular complexity index is 1250. The Morgan fingerprint density at radius 3 is 2.26 bits per heavy atom. The van der Waals surface area contributed by atoms with E-state index in [1.807, 2.05) is 6.07 Å². The average Bonchev–Trinajstić information content (AvgIpc) is 3.23. The molecule has 0 spiro atoms. The minimum atomic E-state index is -0.861. The Balaban J connectivity index is 1.51. The fourth-order valence-electron chi connectivity index (χ4n) is 4.09. The second-order valence-electron chi connectivity index (χ2n) is 7.89. The second kappa shape index (κ2) is 9.86. The molecule has 0 aliphatic carbocycles. The molecule has 3 aromatic rings. The lowest BCUT2D eigenvalue weighted by Gasteiger charge is -2.34. The molecule has 1 fully saturated rings. The molecule has 9 heteroatoms. The van der Waals surface area contributed by atoms with E-state index in [9.17, 15) is 23.6 Å². The Labute approximate surface area is 195 Å². The maximum Gasteiger partial charge on any atom is 0.325 e. The summed E-state index contributed by atoms with van der Waals surface area (Å²) in [7, 11) is 0. The van der Waals surface area contributed by atoms with E-state index in [1.165, 1.54) is 27.8 Å². The van der Waals surface area contributed by atoms with Crippen LogP contribution in [-0.4, -0.2) is 70.7 Å². The number of carbonyl (C=O) groups excluding carboxylic acids is 4. The van der Waals surface area contributed by atoms with Gasteiger partial charge in [0.15, 0.2) is 0 Å². The third-order valence-electron chi connectivity index (χ3n) is 5.77. The standard InChI is InChI=1S/C25H24FN3O5/c1-2-34-21(30)16-29-15-18(22-19(26)9-6-10-20(22)29)23(31)25(33)28-13-11-27(12-14-28)24(32)17-7-4-3-5-8-17/h3-10,15H,2,11-14,16H2,1H3. The highest BCUT2D eigenvalue weighted by Crippen LogP contribution is 2.26. The predicted molar refractivity (Wildman–Crippen MR) is 122 cm³/mol. The van der Waals surface area contributed by atoms with Gasteiger partial charge in [0.1, 0.15) is 12.4 Å². The van der Waals surface area contributed by atoms with Crippen LogP contribution in [0.5, 0.6) is 0 Å². The molecule has 0 saturated carbocycles. The number of benzene rings is 2. The number of rotatable bonds is 6. The van der Waals surface area contributed by atoms with E-state index in [4.69, 9.17) is 4.74 Å². The van der Waals surface area contributed by atoms with Crippen molar-refractivity contribution in [2.24, 2.45) is 0 Å². The van der Waals surface area contributed by atoms with Crippen LogP contribution >= 0.6 is 0 Å². The van der Waals surface area contributed by atoms with Gasteiger partial charge in [0.2, 0.25) is 0 Å². The summed E-state index contributed by atoms with van der Waals surface area (Å²) < 4.78 is 21.0. The van der Waals surface area contributed by atoms with Crippen LogP contribution in [0, 0.1) is 5.82 Å². The molecule has 0 N–H and O–H groups in total. The molecule has 2 heterocycles. The summed E-state index contributed by atoms with van der Waals surface area (Å²) in [6, 6.07) is 13.1. The van der Waals surface area contributed by atoms with Gasteiger partial charge in [-0.25, -0.2) is 4.39 Å². The smallest absolute Gasteiger partial charge is 0.325 e. The van der Waals surface area contributed by atoms with Gasteiger partial charge < -0.3 is 19.1 Å². The summed E-state index contributed by atoms with van der Waals surface area (Å²) in [5, 5.41) is -0.0111. The van der Waals surface area contributed by atoms with Crippen molar-refractivity contribution in [1.82, 2.24) is 14.4 Å². The van der Waals surface area contributed by atoms with Crippen molar-refractivity contribution in [3.8, 4) is 0 Å². The second-order valence-corrected chi connectivity index (χ2v) is 7.89. The predicted octanol–water partition coefficient (Wildman–Crippen LogP) is 2.51. The number of amides is 2. The summed E-state index contributed by atoms with van der Waals surface area (Å²) in [4.78, 5) is 53.7. The first-order valence-electron chi connectivity index (χ1n) is 11.0. The lowest BCUT2D eigenvalue weighted by atomic mass is 10.1. The van der Waals surface area contributed by atoms with Crippen LogP contribution in [0.4, 0.5) is 4.39 Å². The molecule has 176 valence electrons. The normalized spacial score (nSPS) is 13.7. The van der Waals surface area contributed by atoms with E-state index in [1.54, 1.807) is 42.2 Å². The monoisotopic (exact) mass is 465 g/mol. The largest absolute Gasteiger partial charge is 0.465 e. The molecule has 1 aromatic heterocycles. The third-order valence-corrected chi connectivity index (χ3v) is 5.77.